The zero-order chi connectivity index (χ0) is 18.6. The van der Waals surface area contributed by atoms with E-state index in [4.69, 9.17) is 4.99 Å². The van der Waals surface area contributed by atoms with Crippen LogP contribution in [0.4, 0.5) is 5.69 Å². The molecule has 3 aliphatic rings. The van der Waals surface area contributed by atoms with Crippen LogP contribution in [0.15, 0.2) is 29.3 Å². The van der Waals surface area contributed by atoms with E-state index in [0.29, 0.717) is 6.42 Å². The summed E-state index contributed by atoms with van der Waals surface area (Å²) in [6, 6.07) is 8.27. The van der Waals surface area contributed by atoms with Gasteiger partial charge in [-0.1, -0.05) is 19.6 Å². The Bertz CT molecular complexity index is 1030. The van der Waals surface area contributed by atoms with Gasteiger partial charge in [0.1, 0.15) is 10.9 Å². The van der Waals surface area contributed by atoms with Gasteiger partial charge in [0.2, 0.25) is 0 Å². The molecule has 3 unspecified atom stereocenters. The second kappa shape index (κ2) is 7.39. The van der Waals surface area contributed by atoms with Crippen molar-refractivity contribution >= 4 is 43.2 Å². The third-order valence-electron chi connectivity index (χ3n) is 5.88. The van der Waals surface area contributed by atoms with Gasteiger partial charge in [0.15, 0.2) is 9.84 Å². The van der Waals surface area contributed by atoms with Gasteiger partial charge in [-0.25, -0.2) is 8.42 Å². The number of nitrogens with zero attached hydrogens (tertiary/aromatic N) is 2. The van der Waals surface area contributed by atoms with Crippen molar-refractivity contribution in [3.8, 4) is 0 Å². The first-order chi connectivity index (χ1) is 13.1. The Morgan fingerprint density at radius 3 is 3.00 bits per heavy atom. The Morgan fingerprint density at radius 1 is 1.32 bits per heavy atom. The van der Waals surface area contributed by atoms with Crippen LogP contribution in [0.3, 0.4) is 0 Å². The molecule has 1 saturated carbocycles. The van der Waals surface area contributed by atoms with Gasteiger partial charge < -0.3 is 15.0 Å². The normalized spacial score (nSPS) is 28.0. The first kappa shape index (κ1) is 19.8. The van der Waals surface area contributed by atoms with E-state index in [9.17, 15) is 13.5 Å². The Balaban J connectivity index is 0.00000192. The van der Waals surface area contributed by atoms with Crippen LogP contribution in [0.5, 0.6) is 0 Å². The number of benzene rings is 1. The number of hydrogen-bond donors (Lipinski definition) is 2. The highest BCUT2D eigenvalue weighted by Gasteiger charge is 2.40. The Morgan fingerprint density at radius 2 is 2.18 bits per heavy atom. The molecule has 1 fully saturated rings. The number of nitrogens with one attached hydrogen (secondary N) is 1. The van der Waals surface area contributed by atoms with Gasteiger partial charge >= 0.3 is 0 Å². The van der Waals surface area contributed by atoms with Crippen LogP contribution in [0.2, 0.25) is 0 Å². The lowest BCUT2D eigenvalue weighted by atomic mass is 10.2. The maximum Gasteiger partial charge on any atom is 0.173 e. The molecule has 3 atom stereocenters. The number of aromatic nitrogens is 1. The molecule has 6 nitrogen and oxygen atoms in total. The molecule has 0 bridgehead atoms. The minimum Gasteiger partial charge on any atom is -0.396 e. The lowest BCUT2D eigenvalue weighted by molar-refractivity contribution is 0.280. The van der Waals surface area contributed by atoms with E-state index in [1.54, 1.807) is 11.8 Å². The zero-order valence-electron chi connectivity index (χ0n) is 15.0. The molecular formula is C20H27N3O3S2. The Hall–Kier alpha value is -1.51. The van der Waals surface area contributed by atoms with Crippen molar-refractivity contribution in [1.29, 1.82) is 0 Å². The van der Waals surface area contributed by atoms with E-state index < -0.39 is 9.84 Å². The third kappa shape index (κ3) is 3.15. The number of fused-ring (bicyclic) bond motifs is 1. The van der Waals surface area contributed by atoms with Crippen molar-refractivity contribution in [2.75, 3.05) is 17.7 Å². The maximum absolute atomic E-state index is 13.2. The summed E-state index contributed by atoms with van der Waals surface area (Å²) in [5, 5.41) is 14.3. The fourth-order valence-corrected chi connectivity index (χ4v) is 7.78. The average molecular weight is 422 g/mol. The number of sulfone groups is 1. The van der Waals surface area contributed by atoms with Gasteiger partial charge in [-0.2, -0.15) is 0 Å². The van der Waals surface area contributed by atoms with Crippen molar-refractivity contribution in [3.63, 3.8) is 0 Å². The standard InChI is InChI=1S/C19H23N3O3S2.CH4/c23-8-7-13-10-26-19(20-13)16-9-12-3-1-5-15-18(12)22(16)11-27(24,25)17-6-2-4-14(17)21-15;/h1,3,5,9,13-14,17,21,23H,2,4,6-8,10-11H2;1H4. The first-order valence-electron chi connectivity index (χ1n) is 9.49. The second-order valence-corrected chi connectivity index (χ2v) is 10.8. The molecule has 8 heteroatoms. The summed E-state index contributed by atoms with van der Waals surface area (Å²) >= 11 is 1.65. The molecule has 0 saturated heterocycles. The third-order valence-corrected chi connectivity index (χ3v) is 9.12. The first-order valence-corrected chi connectivity index (χ1v) is 12.2. The number of aliphatic hydroxyl groups excluding tert-OH is 1. The summed E-state index contributed by atoms with van der Waals surface area (Å²) in [6.45, 7) is 0.122. The van der Waals surface area contributed by atoms with Crippen LogP contribution < -0.4 is 5.32 Å². The maximum atomic E-state index is 13.2. The molecule has 0 radical (unpaired) electrons. The molecule has 2 aliphatic heterocycles. The molecule has 3 heterocycles. The SMILES string of the molecule is C.O=S1(=O)Cn2c(C3=NC(CCO)CS3)cc3cccc(c32)NC2CCCC21. The van der Waals surface area contributed by atoms with Crippen LogP contribution in [0.1, 0.15) is 38.8 Å². The minimum atomic E-state index is -3.26. The summed E-state index contributed by atoms with van der Waals surface area (Å²) < 4.78 is 28.3. The molecule has 0 amide bonds. The molecule has 0 spiro atoms. The van der Waals surface area contributed by atoms with Crippen LogP contribution in [-0.2, 0) is 15.7 Å². The van der Waals surface area contributed by atoms with Crippen molar-refractivity contribution in [2.24, 2.45) is 4.99 Å². The lowest BCUT2D eigenvalue weighted by Crippen LogP contribution is -2.38. The van der Waals surface area contributed by atoms with Crippen molar-refractivity contribution < 1.29 is 13.5 Å². The smallest absolute Gasteiger partial charge is 0.173 e. The number of anilines is 1. The molecule has 152 valence electrons. The molecule has 5 rings (SSSR count). The van der Waals surface area contributed by atoms with E-state index in [1.807, 2.05) is 22.8 Å². The summed E-state index contributed by atoms with van der Waals surface area (Å²) in [7, 11) is -3.26. The number of aliphatic imine (C=N–C) groups is 1. The fourth-order valence-electron chi connectivity index (χ4n) is 4.60. The quantitative estimate of drug-likeness (QED) is 0.795. The monoisotopic (exact) mass is 421 g/mol. The van der Waals surface area contributed by atoms with Crippen molar-refractivity contribution in [1.82, 2.24) is 4.57 Å². The van der Waals surface area contributed by atoms with E-state index in [-0.39, 0.29) is 37.2 Å². The summed E-state index contributed by atoms with van der Waals surface area (Å²) in [6.07, 6.45) is 3.23. The molecule has 2 aromatic rings. The molecule has 28 heavy (non-hydrogen) atoms. The molecule has 1 aromatic carbocycles. The zero-order valence-corrected chi connectivity index (χ0v) is 16.6. The largest absolute Gasteiger partial charge is 0.396 e. The van der Waals surface area contributed by atoms with E-state index in [2.05, 4.69) is 11.4 Å². The number of rotatable bonds is 3. The van der Waals surface area contributed by atoms with Gasteiger partial charge in [0.25, 0.3) is 0 Å². The fraction of sp³-hybridized carbons (Fsp3) is 0.550. The summed E-state index contributed by atoms with van der Waals surface area (Å²) in [5.41, 5.74) is 2.85. The van der Waals surface area contributed by atoms with Crippen molar-refractivity contribution in [2.45, 2.75) is 56.3 Å². The highest BCUT2D eigenvalue weighted by molar-refractivity contribution is 8.14. The number of thioether (sulfide) groups is 1. The minimum absolute atomic E-state index is 0. The number of aliphatic hydroxyl groups is 1. The number of para-hydroxylation sites is 1. The highest BCUT2D eigenvalue weighted by atomic mass is 32.2. The lowest BCUT2D eigenvalue weighted by Gasteiger charge is -2.27. The van der Waals surface area contributed by atoms with Crippen LogP contribution in [0.25, 0.3) is 10.9 Å². The molecular weight excluding hydrogens is 394 g/mol. The van der Waals surface area contributed by atoms with Gasteiger partial charge in [0, 0.05) is 23.8 Å². The van der Waals surface area contributed by atoms with Crippen LogP contribution >= 0.6 is 11.8 Å². The predicted octanol–water partition coefficient (Wildman–Crippen LogP) is 3.24. The summed E-state index contributed by atoms with van der Waals surface area (Å²) in [4.78, 5) is 4.76. The summed E-state index contributed by atoms with van der Waals surface area (Å²) in [5.74, 6) is 0.843. The number of hydrogen-bond acceptors (Lipinski definition) is 6. The average Bonchev–Trinajstić information content (AvgIpc) is 3.33. The second-order valence-electron chi connectivity index (χ2n) is 7.62. The van der Waals surface area contributed by atoms with Crippen molar-refractivity contribution in [3.05, 3.63) is 30.0 Å². The van der Waals surface area contributed by atoms with Gasteiger partial charge in [-0.3, -0.25) is 4.99 Å². The Labute approximate surface area is 170 Å². The van der Waals surface area contributed by atoms with Crippen LogP contribution in [0, 0.1) is 0 Å². The predicted molar refractivity (Wildman–Crippen MR) is 117 cm³/mol. The van der Waals surface area contributed by atoms with E-state index in [0.717, 1.165) is 52.3 Å². The molecule has 2 N–H and O–H groups in total. The highest BCUT2D eigenvalue weighted by Crippen LogP contribution is 2.38. The molecule has 1 aromatic heterocycles. The van der Waals surface area contributed by atoms with E-state index in [1.165, 1.54) is 0 Å². The van der Waals surface area contributed by atoms with Gasteiger partial charge in [-0.05, 0) is 37.8 Å². The van der Waals surface area contributed by atoms with Gasteiger partial charge in [0.05, 0.1) is 28.2 Å². The van der Waals surface area contributed by atoms with Gasteiger partial charge in [-0.15, -0.1) is 11.8 Å². The van der Waals surface area contributed by atoms with Crippen LogP contribution in [-0.4, -0.2) is 52.8 Å². The van der Waals surface area contributed by atoms with E-state index >= 15 is 0 Å². The topological polar surface area (TPSA) is 83.7 Å². The Kier molecular flexibility index (Phi) is 5.22. The molecule has 1 aliphatic carbocycles.